The summed E-state index contributed by atoms with van der Waals surface area (Å²) >= 11 is 0. The molecule has 0 spiro atoms. The van der Waals surface area contributed by atoms with Gasteiger partial charge in [-0.2, -0.15) is 0 Å². The summed E-state index contributed by atoms with van der Waals surface area (Å²) < 4.78 is 18.0. The van der Waals surface area contributed by atoms with Crippen LogP contribution < -0.4 is 5.32 Å². The second kappa shape index (κ2) is 36.2. The molecular formula is C40H81NO4. The zero-order valence-electron chi connectivity index (χ0n) is 31.3. The topological polar surface area (TPSA) is 56.8 Å². The SMILES string of the molecule is CCCCCCCCCCCCCCCCCCOC(CCNC(=O)C(C)OCCC(C)C)COCCCCCCCCCC. The van der Waals surface area contributed by atoms with Crippen LogP contribution in [0.2, 0.25) is 0 Å². The Hall–Kier alpha value is -0.650. The molecule has 0 heterocycles. The van der Waals surface area contributed by atoms with Gasteiger partial charge in [0, 0.05) is 26.4 Å². The zero-order chi connectivity index (χ0) is 33.1. The number of carbonyl (C=O) groups excluding carboxylic acids is 1. The van der Waals surface area contributed by atoms with E-state index in [2.05, 4.69) is 33.0 Å². The molecule has 0 aliphatic heterocycles. The van der Waals surface area contributed by atoms with E-state index in [-0.39, 0.29) is 12.0 Å². The molecule has 2 atom stereocenters. The van der Waals surface area contributed by atoms with Gasteiger partial charge in [-0.25, -0.2) is 0 Å². The Labute approximate surface area is 282 Å². The Morgan fingerprint density at radius 3 is 1.38 bits per heavy atom. The van der Waals surface area contributed by atoms with Crippen LogP contribution in [0, 0.1) is 5.92 Å². The number of carbonyl (C=O) groups is 1. The van der Waals surface area contributed by atoms with Crippen LogP contribution in [0.15, 0.2) is 0 Å². The fourth-order valence-corrected chi connectivity index (χ4v) is 5.72. The highest BCUT2D eigenvalue weighted by molar-refractivity contribution is 5.80. The minimum Gasteiger partial charge on any atom is -0.379 e. The van der Waals surface area contributed by atoms with Gasteiger partial charge < -0.3 is 19.5 Å². The van der Waals surface area contributed by atoms with Gasteiger partial charge in [-0.1, -0.05) is 169 Å². The van der Waals surface area contributed by atoms with Gasteiger partial charge in [0.25, 0.3) is 0 Å². The number of nitrogens with one attached hydrogen (secondary N) is 1. The highest BCUT2D eigenvalue weighted by Gasteiger charge is 2.15. The summed E-state index contributed by atoms with van der Waals surface area (Å²) in [6, 6.07) is 0. The largest absolute Gasteiger partial charge is 0.379 e. The highest BCUT2D eigenvalue weighted by Crippen LogP contribution is 2.14. The van der Waals surface area contributed by atoms with Gasteiger partial charge in [0.15, 0.2) is 0 Å². The maximum absolute atomic E-state index is 12.5. The first-order valence-electron chi connectivity index (χ1n) is 20.1. The van der Waals surface area contributed by atoms with Crippen molar-refractivity contribution in [1.29, 1.82) is 0 Å². The van der Waals surface area contributed by atoms with E-state index in [1.165, 1.54) is 141 Å². The van der Waals surface area contributed by atoms with Gasteiger partial charge in [0.1, 0.15) is 6.10 Å². The lowest BCUT2D eigenvalue weighted by Gasteiger charge is -2.20. The Morgan fingerprint density at radius 1 is 0.511 bits per heavy atom. The van der Waals surface area contributed by atoms with Crippen molar-refractivity contribution in [3.8, 4) is 0 Å². The number of amides is 1. The molecule has 0 aromatic heterocycles. The van der Waals surface area contributed by atoms with Crippen molar-refractivity contribution in [2.75, 3.05) is 33.0 Å². The van der Waals surface area contributed by atoms with E-state index in [9.17, 15) is 4.79 Å². The number of hydrogen-bond donors (Lipinski definition) is 1. The highest BCUT2D eigenvalue weighted by atomic mass is 16.5. The summed E-state index contributed by atoms with van der Waals surface area (Å²) in [6.07, 6.45) is 33.9. The van der Waals surface area contributed by atoms with Crippen molar-refractivity contribution in [3.05, 3.63) is 0 Å². The molecule has 5 nitrogen and oxygen atoms in total. The number of unbranched alkanes of at least 4 members (excludes halogenated alkanes) is 22. The predicted molar refractivity (Wildman–Crippen MR) is 195 cm³/mol. The number of ether oxygens (including phenoxy) is 3. The van der Waals surface area contributed by atoms with E-state index in [1.807, 2.05) is 6.92 Å². The molecular weight excluding hydrogens is 558 g/mol. The lowest BCUT2D eigenvalue weighted by atomic mass is 10.0. The number of hydrogen-bond acceptors (Lipinski definition) is 4. The van der Waals surface area contributed by atoms with Crippen molar-refractivity contribution >= 4 is 5.91 Å². The van der Waals surface area contributed by atoms with Gasteiger partial charge >= 0.3 is 0 Å². The van der Waals surface area contributed by atoms with E-state index < -0.39 is 6.10 Å². The third kappa shape index (κ3) is 34.5. The first-order chi connectivity index (χ1) is 22.0. The van der Waals surface area contributed by atoms with Gasteiger partial charge in [-0.3, -0.25) is 4.79 Å². The molecule has 270 valence electrons. The smallest absolute Gasteiger partial charge is 0.248 e. The quantitative estimate of drug-likeness (QED) is 0.0687. The summed E-state index contributed by atoms with van der Waals surface area (Å²) in [7, 11) is 0. The molecule has 0 saturated heterocycles. The van der Waals surface area contributed by atoms with Crippen molar-refractivity contribution in [2.24, 2.45) is 5.92 Å². The Kier molecular flexibility index (Phi) is 35.7. The van der Waals surface area contributed by atoms with E-state index in [4.69, 9.17) is 14.2 Å². The van der Waals surface area contributed by atoms with Gasteiger partial charge in [-0.05, 0) is 38.5 Å². The summed E-state index contributed by atoms with van der Waals surface area (Å²) in [6.45, 7) is 14.2. The van der Waals surface area contributed by atoms with Crippen molar-refractivity contribution < 1.29 is 19.0 Å². The summed E-state index contributed by atoms with van der Waals surface area (Å²) in [5.74, 6) is 0.550. The fourth-order valence-electron chi connectivity index (χ4n) is 5.72. The fraction of sp³-hybridized carbons (Fsp3) is 0.975. The molecule has 0 bridgehead atoms. The Morgan fingerprint density at radius 2 is 0.933 bits per heavy atom. The van der Waals surface area contributed by atoms with Crippen LogP contribution >= 0.6 is 0 Å². The van der Waals surface area contributed by atoms with E-state index >= 15 is 0 Å². The molecule has 0 radical (unpaired) electrons. The Bertz CT molecular complexity index is 585. The van der Waals surface area contributed by atoms with Crippen molar-refractivity contribution in [1.82, 2.24) is 5.32 Å². The molecule has 1 N–H and O–H groups in total. The Balaban J connectivity index is 4.02. The average molecular weight is 640 g/mol. The standard InChI is InChI=1S/C40H81NO4/c1-6-8-10-12-14-16-17-18-19-20-21-22-23-25-27-29-34-45-39(36-43-33-28-26-24-15-13-11-9-7-2)30-32-41-40(42)38(5)44-35-31-37(3)4/h37-39H,6-36H2,1-5H3,(H,41,42). The summed E-state index contributed by atoms with van der Waals surface area (Å²) in [4.78, 5) is 12.5. The lowest BCUT2D eigenvalue weighted by molar-refractivity contribution is -0.132. The van der Waals surface area contributed by atoms with Crippen LogP contribution in [-0.4, -0.2) is 51.1 Å². The van der Waals surface area contributed by atoms with Crippen LogP contribution in [0.3, 0.4) is 0 Å². The number of rotatable bonds is 37. The molecule has 45 heavy (non-hydrogen) atoms. The average Bonchev–Trinajstić information content (AvgIpc) is 3.02. The van der Waals surface area contributed by atoms with Crippen LogP contribution in [0.25, 0.3) is 0 Å². The molecule has 0 fully saturated rings. The molecule has 0 aromatic rings. The lowest BCUT2D eigenvalue weighted by Crippen LogP contribution is -2.37. The predicted octanol–water partition coefficient (Wildman–Crippen LogP) is 11.7. The second-order valence-electron chi connectivity index (χ2n) is 14.1. The first-order valence-corrected chi connectivity index (χ1v) is 20.1. The van der Waals surface area contributed by atoms with Crippen molar-refractivity contribution in [3.63, 3.8) is 0 Å². The minimum absolute atomic E-state index is 0.0323. The molecule has 0 aliphatic rings. The molecule has 0 aromatic carbocycles. The molecule has 0 saturated carbocycles. The van der Waals surface area contributed by atoms with Crippen LogP contribution in [0.5, 0.6) is 0 Å². The molecule has 0 rings (SSSR count). The maximum Gasteiger partial charge on any atom is 0.248 e. The maximum atomic E-state index is 12.5. The van der Waals surface area contributed by atoms with E-state index in [0.29, 0.717) is 25.7 Å². The molecule has 0 aliphatic carbocycles. The molecule has 2 unspecified atom stereocenters. The molecule has 1 amide bonds. The van der Waals surface area contributed by atoms with E-state index in [1.54, 1.807) is 0 Å². The monoisotopic (exact) mass is 640 g/mol. The van der Waals surface area contributed by atoms with E-state index in [0.717, 1.165) is 38.9 Å². The zero-order valence-corrected chi connectivity index (χ0v) is 31.3. The minimum atomic E-state index is -0.411. The summed E-state index contributed by atoms with van der Waals surface area (Å²) in [5.41, 5.74) is 0. The van der Waals surface area contributed by atoms with Gasteiger partial charge in [-0.15, -0.1) is 0 Å². The van der Waals surface area contributed by atoms with Crippen LogP contribution in [0.4, 0.5) is 0 Å². The third-order valence-electron chi connectivity index (χ3n) is 9.00. The summed E-state index contributed by atoms with van der Waals surface area (Å²) in [5, 5.41) is 3.05. The second-order valence-corrected chi connectivity index (χ2v) is 14.1. The van der Waals surface area contributed by atoms with Gasteiger partial charge in [0.05, 0.1) is 12.7 Å². The van der Waals surface area contributed by atoms with Crippen molar-refractivity contribution in [2.45, 2.75) is 214 Å². The normalized spacial score (nSPS) is 13.0. The van der Waals surface area contributed by atoms with Crippen LogP contribution in [0.1, 0.15) is 202 Å². The van der Waals surface area contributed by atoms with Crippen LogP contribution in [-0.2, 0) is 19.0 Å². The van der Waals surface area contributed by atoms with Gasteiger partial charge in [0.2, 0.25) is 5.91 Å². The molecule has 5 heteroatoms. The first kappa shape index (κ1) is 44.4. The third-order valence-corrected chi connectivity index (χ3v) is 9.00.